The average molecular weight is 195 g/mol. The van der Waals surface area contributed by atoms with Crippen LogP contribution >= 0.6 is 0 Å². The van der Waals surface area contributed by atoms with Crippen LogP contribution in [-0.2, 0) is 4.79 Å². The van der Waals surface area contributed by atoms with E-state index in [0.29, 0.717) is 5.56 Å². The summed E-state index contributed by atoms with van der Waals surface area (Å²) in [6.07, 6.45) is 3.10. The number of carbonyl (C=O) groups excluding carboxylic acids is 1. The molecule has 0 N–H and O–H groups in total. The van der Waals surface area contributed by atoms with Gasteiger partial charge in [0.25, 0.3) is 5.88 Å². The van der Waals surface area contributed by atoms with Crippen LogP contribution in [0.15, 0.2) is 12.3 Å². The molecule has 1 saturated carbocycles. The van der Waals surface area contributed by atoms with E-state index in [0.717, 1.165) is 12.8 Å². The van der Waals surface area contributed by atoms with Gasteiger partial charge in [-0.3, -0.25) is 4.79 Å². The molecule has 14 heavy (non-hydrogen) atoms. The van der Waals surface area contributed by atoms with Gasteiger partial charge in [-0.2, -0.15) is 0 Å². The molecule has 1 aliphatic carbocycles. The fourth-order valence-electron chi connectivity index (χ4n) is 1.08. The number of halogens is 1. The second kappa shape index (κ2) is 3.36. The molecule has 0 saturated heterocycles. The number of aryl methyl sites for hydroxylation is 1. The average Bonchev–Trinajstić information content (AvgIpc) is 2.95. The van der Waals surface area contributed by atoms with Crippen LogP contribution in [0.25, 0.3) is 0 Å². The van der Waals surface area contributed by atoms with Crippen LogP contribution in [0.5, 0.6) is 5.88 Å². The lowest BCUT2D eigenvalue weighted by Gasteiger charge is -2.04. The molecule has 1 fully saturated rings. The van der Waals surface area contributed by atoms with Gasteiger partial charge in [0.15, 0.2) is 5.82 Å². The topological polar surface area (TPSA) is 39.2 Å². The van der Waals surface area contributed by atoms with Crippen LogP contribution in [-0.4, -0.2) is 11.0 Å². The largest absolute Gasteiger partial charge is 0.404 e. The summed E-state index contributed by atoms with van der Waals surface area (Å²) in [4.78, 5) is 14.9. The normalized spacial score (nSPS) is 15.3. The second-order valence-corrected chi connectivity index (χ2v) is 3.44. The molecular formula is C10H10FNO2. The highest BCUT2D eigenvalue weighted by atomic mass is 19.1. The molecule has 74 valence electrons. The van der Waals surface area contributed by atoms with E-state index in [1.165, 1.54) is 12.3 Å². The van der Waals surface area contributed by atoms with E-state index in [9.17, 15) is 9.18 Å². The van der Waals surface area contributed by atoms with Gasteiger partial charge >= 0.3 is 5.97 Å². The number of carbonyl (C=O) groups is 1. The maximum atomic E-state index is 13.3. The van der Waals surface area contributed by atoms with Gasteiger partial charge < -0.3 is 4.74 Å². The summed E-state index contributed by atoms with van der Waals surface area (Å²) in [6.45, 7) is 1.60. The molecule has 1 aromatic heterocycles. The Morgan fingerprint density at radius 1 is 1.64 bits per heavy atom. The SMILES string of the molecule is Cc1ccnc(OC(=O)C2CC2)c1F. The fraction of sp³-hybridized carbons (Fsp3) is 0.400. The lowest BCUT2D eigenvalue weighted by molar-refractivity contribution is -0.136. The summed E-state index contributed by atoms with van der Waals surface area (Å²) in [5.41, 5.74) is 0.429. The third-order valence-electron chi connectivity index (χ3n) is 2.16. The molecule has 1 heterocycles. The summed E-state index contributed by atoms with van der Waals surface area (Å²) in [6, 6.07) is 1.53. The number of esters is 1. The van der Waals surface area contributed by atoms with E-state index in [2.05, 4.69) is 4.98 Å². The van der Waals surface area contributed by atoms with Crippen molar-refractivity contribution >= 4 is 5.97 Å². The predicted octanol–water partition coefficient (Wildman–Crippen LogP) is 1.84. The Morgan fingerprint density at radius 2 is 2.36 bits per heavy atom. The smallest absolute Gasteiger partial charge is 0.315 e. The number of pyridine rings is 1. The Bertz CT molecular complexity index is 374. The van der Waals surface area contributed by atoms with Crippen molar-refractivity contribution in [2.45, 2.75) is 19.8 Å². The number of rotatable bonds is 2. The van der Waals surface area contributed by atoms with Crippen molar-refractivity contribution in [3.63, 3.8) is 0 Å². The molecule has 4 heteroatoms. The molecular weight excluding hydrogens is 185 g/mol. The third kappa shape index (κ3) is 1.73. The van der Waals surface area contributed by atoms with Crippen LogP contribution in [0.4, 0.5) is 4.39 Å². The summed E-state index contributed by atoms with van der Waals surface area (Å²) in [5.74, 6) is -1.18. The van der Waals surface area contributed by atoms with Gasteiger partial charge in [-0.25, -0.2) is 9.37 Å². The zero-order valence-corrected chi connectivity index (χ0v) is 7.79. The first-order valence-corrected chi connectivity index (χ1v) is 4.51. The van der Waals surface area contributed by atoms with Crippen LogP contribution in [0.2, 0.25) is 0 Å². The van der Waals surface area contributed by atoms with Crippen molar-refractivity contribution in [3.05, 3.63) is 23.6 Å². The molecule has 0 spiro atoms. The maximum Gasteiger partial charge on any atom is 0.315 e. The monoisotopic (exact) mass is 195 g/mol. The Kier molecular flexibility index (Phi) is 2.19. The summed E-state index contributed by atoms with van der Waals surface area (Å²) >= 11 is 0. The van der Waals surface area contributed by atoms with Gasteiger partial charge in [-0.15, -0.1) is 0 Å². The molecule has 1 aliphatic rings. The molecule has 0 amide bonds. The molecule has 0 aliphatic heterocycles. The van der Waals surface area contributed by atoms with Crippen molar-refractivity contribution in [2.75, 3.05) is 0 Å². The van der Waals surface area contributed by atoms with E-state index in [4.69, 9.17) is 4.74 Å². The molecule has 2 rings (SSSR count). The van der Waals surface area contributed by atoms with Gasteiger partial charge in [0.1, 0.15) is 0 Å². The first-order chi connectivity index (χ1) is 6.68. The molecule has 3 nitrogen and oxygen atoms in total. The Hall–Kier alpha value is -1.45. The Morgan fingerprint density at radius 3 is 3.00 bits per heavy atom. The second-order valence-electron chi connectivity index (χ2n) is 3.44. The van der Waals surface area contributed by atoms with E-state index in [1.54, 1.807) is 6.92 Å². The van der Waals surface area contributed by atoms with Crippen LogP contribution < -0.4 is 4.74 Å². The van der Waals surface area contributed by atoms with Crippen molar-refractivity contribution in [3.8, 4) is 5.88 Å². The summed E-state index contributed by atoms with van der Waals surface area (Å²) in [7, 11) is 0. The van der Waals surface area contributed by atoms with Crippen LogP contribution in [0.3, 0.4) is 0 Å². The summed E-state index contributed by atoms with van der Waals surface area (Å²) < 4.78 is 18.1. The standard InChI is InChI=1S/C10H10FNO2/c1-6-4-5-12-9(8(6)11)14-10(13)7-2-3-7/h4-5,7H,2-3H2,1H3. The minimum atomic E-state index is -0.554. The van der Waals surface area contributed by atoms with E-state index in [-0.39, 0.29) is 17.8 Å². The van der Waals surface area contributed by atoms with Gasteiger partial charge in [0.2, 0.25) is 0 Å². The number of hydrogen-bond acceptors (Lipinski definition) is 3. The van der Waals surface area contributed by atoms with E-state index < -0.39 is 5.82 Å². The first-order valence-electron chi connectivity index (χ1n) is 4.51. The fourth-order valence-corrected chi connectivity index (χ4v) is 1.08. The van der Waals surface area contributed by atoms with Gasteiger partial charge in [-0.05, 0) is 31.4 Å². The van der Waals surface area contributed by atoms with Crippen molar-refractivity contribution in [1.29, 1.82) is 0 Å². The van der Waals surface area contributed by atoms with E-state index >= 15 is 0 Å². The molecule has 0 radical (unpaired) electrons. The third-order valence-corrected chi connectivity index (χ3v) is 2.16. The van der Waals surface area contributed by atoms with Gasteiger partial charge in [-0.1, -0.05) is 0 Å². The van der Waals surface area contributed by atoms with Gasteiger partial charge in [0.05, 0.1) is 5.92 Å². The highest BCUT2D eigenvalue weighted by molar-refractivity contribution is 5.77. The van der Waals surface area contributed by atoms with Crippen LogP contribution in [0, 0.1) is 18.7 Å². The van der Waals surface area contributed by atoms with Gasteiger partial charge in [0, 0.05) is 6.20 Å². The zero-order valence-electron chi connectivity index (χ0n) is 7.79. The Balaban J connectivity index is 2.15. The number of ether oxygens (including phenoxy) is 1. The lowest BCUT2D eigenvalue weighted by Crippen LogP contribution is -2.12. The van der Waals surface area contributed by atoms with Crippen molar-refractivity contribution < 1.29 is 13.9 Å². The van der Waals surface area contributed by atoms with E-state index in [1.807, 2.05) is 0 Å². The predicted molar refractivity (Wildman–Crippen MR) is 47.3 cm³/mol. The highest BCUT2D eigenvalue weighted by Gasteiger charge is 2.32. The minimum absolute atomic E-state index is 0.0447. The van der Waals surface area contributed by atoms with Crippen molar-refractivity contribution in [2.24, 2.45) is 5.92 Å². The zero-order chi connectivity index (χ0) is 10.1. The molecule has 0 unspecified atom stereocenters. The number of aromatic nitrogens is 1. The summed E-state index contributed by atoms with van der Waals surface area (Å²) in [5, 5.41) is 0. The number of nitrogens with zero attached hydrogens (tertiary/aromatic N) is 1. The highest BCUT2D eigenvalue weighted by Crippen LogP contribution is 2.31. The minimum Gasteiger partial charge on any atom is -0.404 e. The van der Waals surface area contributed by atoms with Crippen molar-refractivity contribution in [1.82, 2.24) is 4.98 Å². The first kappa shape index (κ1) is 9.12. The molecule has 0 aromatic carbocycles. The maximum absolute atomic E-state index is 13.3. The quantitative estimate of drug-likeness (QED) is 0.676. The molecule has 0 atom stereocenters. The lowest BCUT2D eigenvalue weighted by atomic mass is 10.3. The molecule has 0 bridgehead atoms. The number of hydrogen-bond donors (Lipinski definition) is 0. The van der Waals surface area contributed by atoms with Crippen LogP contribution in [0.1, 0.15) is 18.4 Å². The molecule has 1 aromatic rings. The Labute approximate surface area is 80.9 Å².